The van der Waals surface area contributed by atoms with Crippen LogP contribution in [0.2, 0.25) is 0 Å². The number of halogens is 2. The maximum atomic E-state index is 13.5. The van der Waals surface area contributed by atoms with Gasteiger partial charge in [0.1, 0.15) is 0 Å². The molecular formula is C11H14F2N2. The average Bonchev–Trinajstić information content (AvgIpc) is 2.50. The van der Waals surface area contributed by atoms with Gasteiger partial charge in [0.2, 0.25) is 0 Å². The smallest absolute Gasteiger partial charge is 0.182 e. The molecule has 0 amide bonds. The van der Waals surface area contributed by atoms with Gasteiger partial charge >= 0.3 is 0 Å². The van der Waals surface area contributed by atoms with Crippen molar-refractivity contribution in [3.8, 4) is 0 Å². The van der Waals surface area contributed by atoms with E-state index >= 15 is 0 Å². The molecule has 15 heavy (non-hydrogen) atoms. The summed E-state index contributed by atoms with van der Waals surface area (Å²) >= 11 is 0. The highest BCUT2D eigenvalue weighted by atomic mass is 19.2. The van der Waals surface area contributed by atoms with Crippen LogP contribution in [0.1, 0.15) is 6.42 Å². The fourth-order valence-corrected chi connectivity index (χ4v) is 1.82. The van der Waals surface area contributed by atoms with Gasteiger partial charge in [-0.2, -0.15) is 0 Å². The van der Waals surface area contributed by atoms with Crippen LogP contribution in [0.15, 0.2) is 18.2 Å². The molecule has 1 aromatic rings. The summed E-state index contributed by atoms with van der Waals surface area (Å²) in [6.07, 6.45) is 0.954. The van der Waals surface area contributed by atoms with Crippen molar-refractivity contribution in [3.63, 3.8) is 0 Å². The summed E-state index contributed by atoms with van der Waals surface area (Å²) in [7, 11) is 0. The van der Waals surface area contributed by atoms with Crippen LogP contribution in [0, 0.1) is 11.6 Å². The van der Waals surface area contributed by atoms with Crippen LogP contribution in [-0.4, -0.2) is 26.2 Å². The number of nitrogens with zero attached hydrogens (tertiary/aromatic N) is 1. The third kappa shape index (κ3) is 2.26. The molecule has 0 atom stereocenters. The Hall–Kier alpha value is -1.16. The Morgan fingerprint density at radius 3 is 2.87 bits per heavy atom. The number of rotatable bonds is 1. The lowest BCUT2D eigenvalue weighted by Gasteiger charge is -2.22. The van der Waals surface area contributed by atoms with Crippen LogP contribution in [0.5, 0.6) is 0 Å². The van der Waals surface area contributed by atoms with Crippen molar-refractivity contribution in [2.75, 3.05) is 31.1 Å². The minimum atomic E-state index is -0.773. The number of benzene rings is 1. The molecule has 1 fully saturated rings. The summed E-state index contributed by atoms with van der Waals surface area (Å²) in [5.74, 6) is -1.51. The molecule has 1 heterocycles. The molecule has 0 bridgehead atoms. The maximum absolute atomic E-state index is 13.5. The predicted molar refractivity (Wildman–Crippen MR) is 56.1 cm³/mol. The molecule has 0 aliphatic carbocycles. The molecule has 2 rings (SSSR count). The summed E-state index contributed by atoms with van der Waals surface area (Å²) in [6.45, 7) is 3.25. The van der Waals surface area contributed by atoms with E-state index in [4.69, 9.17) is 0 Å². The molecule has 82 valence electrons. The second-order valence-electron chi connectivity index (χ2n) is 3.66. The van der Waals surface area contributed by atoms with Gasteiger partial charge in [-0.3, -0.25) is 0 Å². The number of hydrogen-bond donors (Lipinski definition) is 1. The van der Waals surface area contributed by atoms with Crippen molar-refractivity contribution in [2.24, 2.45) is 0 Å². The molecule has 0 saturated carbocycles. The van der Waals surface area contributed by atoms with Crippen LogP contribution in [-0.2, 0) is 0 Å². The van der Waals surface area contributed by atoms with E-state index < -0.39 is 11.6 Å². The molecule has 0 radical (unpaired) electrons. The molecule has 1 aromatic carbocycles. The third-order valence-electron chi connectivity index (χ3n) is 2.61. The van der Waals surface area contributed by atoms with Gasteiger partial charge in [0.25, 0.3) is 0 Å². The van der Waals surface area contributed by atoms with Crippen LogP contribution in [0.4, 0.5) is 14.5 Å². The van der Waals surface area contributed by atoms with Gasteiger partial charge in [-0.1, -0.05) is 6.07 Å². The average molecular weight is 212 g/mol. The first-order valence-corrected chi connectivity index (χ1v) is 5.19. The second kappa shape index (κ2) is 4.57. The minimum Gasteiger partial charge on any atom is -0.368 e. The zero-order valence-electron chi connectivity index (χ0n) is 8.47. The van der Waals surface area contributed by atoms with Crippen molar-refractivity contribution in [1.29, 1.82) is 0 Å². The van der Waals surface area contributed by atoms with E-state index in [9.17, 15) is 8.78 Å². The largest absolute Gasteiger partial charge is 0.368 e. The van der Waals surface area contributed by atoms with Crippen LogP contribution >= 0.6 is 0 Å². The van der Waals surface area contributed by atoms with E-state index in [-0.39, 0.29) is 0 Å². The SMILES string of the molecule is Fc1cccc(N2CCCNCC2)c1F. The minimum absolute atomic E-state index is 0.374. The Balaban J connectivity index is 2.23. The lowest BCUT2D eigenvalue weighted by atomic mass is 10.2. The van der Waals surface area contributed by atoms with Crippen molar-refractivity contribution in [1.82, 2.24) is 5.32 Å². The Labute approximate surface area is 87.9 Å². The van der Waals surface area contributed by atoms with Gasteiger partial charge in [0.15, 0.2) is 11.6 Å². The third-order valence-corrected chi connectivity index (χ3v) is 2.61. The molecule has 1 saturated heterocycles. The van der Waals surface area contributed by atoms with Crippen LogP contribution in [0.25, 0.3) is 0 Å². The van der Waals surface area contributed by atoms with E-state index in [1.807, 2.05) is 4.90 Å². The number of hydrogen-bond acceptors (Lipinski definition) is 2. The Bertz CT molecular complexity index is 333. The number of anilines is 1. The second-order valence-corrected chi connectivity index (χ2v) is 3.66. The molecule has 1 N–H and O–H groups in total. The van der Waals surface area contributed by atoms with Crippen molar-refractivity contribution >= 4 is 5.69 Å². The molecular weight excluding hydrogens is 198 g/mol. The van der Waals surface area contributed by atoms with Gasteiger partial charge in [0.05, 0.1) is 5.69 Å². The monoisotopic (exact) mass is 212 g/mol. The topological polar surface area (TPSA) is 15.3 Å². The summed E-state index contributed by atoms with van der Waals surface area (Å²) in [6, 6.07) is 4.32. The van der Waals surface area contributed by atoms with Gasteiger partial charge in [-0.05, 0) is 25.1 Å². The zero-order chi connectivity index (χ0) is 10.7. The summed E-state index contributed by atoms with van der Waals surface area (Å²) < 4.78 is 26.5. The highest BCUT2D eigenvalue weighted by Crippen LogP contribution is 2.21. The standard InChI is InChI=1S/C11H14F2N2/c12-9-3-1-4-10(11(9)13)15-7-2-5-14-6-8-15/h1,3-4,14H,2,5-8H2. The molecule has 0 aromatic heterocycles. The number of nitrogens with one attached hydrogen (secondary N) is 1. The summed E-state index contributed by atoms with van der Waals surface area (Å²) in [5, 5.41) is 3.22. The fraction of sp³-hybridized carbons (Fsp3) is 0.455. The lowest BCUT2D eigenvalue weighted by Crippen LogP contribution is -2.28. The van der Waals surface area contributed by atoms with E-state index in [1.54, 1.807) is 12.1 Å². The molecule has 4 heteroatoms. The quantitative estimate of drug-likeness (QED) is 0.763. The van der Waals surface area contributed by atoms with Crippen molar-refractivity contribution < 1.29 is 8.78 Å². The van der Waals surface area contributed by atoms with E-state index in [0.717, 1.165) is 38.7 Å². The van der Waals surface area contributed by atoms with Gasteiger partial charge in [0, 0.05) is 19.6 Å². The Kier molecular flexibility index (Phi) is 3.16. The first-order valence-electron chi connectivity index (χ1n) is 5.19. The molecule has 2 nitrogen and oxygen atoms in total. The zero-order valence-corrected chi connectivity index (χ0v) is 8.47. The van der Waals surface area contributed by atoms with Crippen molar-refractivity contribution in [3.05, 3.63) is 29.8 Å². The van der Waals surface area contributed by atoms with E-state index in [0.29, 0.717) is 5.69 Å². The van der Waals surface area contributed by atoms with Gasteiger partial charge in [-0.15, -0.1) is 0 Å². The Morgan fingerprint density at radius 1 is 1.13 bits per heavy atom. The molecule has 0 unspecified atom stereocenters. The Morgan fingerprint density at radius 2 is 2.00 bits per heavy atom. The summed E-state index contributed by atoms with van der Waals surface area (Å²) in [5.41, 5.74) is 0.374. The highest BCUT2D eigenvalue weighted by Gasteiger charge is 2.15. The lowest BCUT2D eigenvalue weighted by molar-refractivity contribution is 0.506. The molecule has 1 aliphatic rings. The molecule has 0 spiro atoms. The first-order chi connectivity index (χ1) is 7.29. The first kappa shape index (κ1) is 10.4. The van der Waals surface area contributed by atoms with E-state index in [1.165, 1.54) is 0 Å². The van der Waals surface area contributed by atoms with Gasteiger partial charge < -0.3 is 10.2 Å². The predicted octanol–water partition coefficient (Wildman–Crippen LogP) is 1.76. The maximum Gasteiger partial charge on any atom is 0.182 e. The fourth-order valence-electron chi connectivity index (χ4n) is 1.82. The van der Waals surface area contributed by atoms with Crippen LogP contribution < -0.4 is 10.2 Å². The molecule has 1 aliphatic heterocycles. The van der Waals surface area contributed by atoms with Crippen LogP contribution in [0.3, 0.4) is 0 Å². The van der Waals surface area contributed by atoms with Gasteiger partial charge in [-0.25, -0.2) is 8.78 Å². The summed E-state index contributed by atoms with van der Waals surface area (Å²) in [4.78, 5) is 1.89. The highest BCUT2D eigenvalue weighted by molar-refractivity contribution is 5.48. The van der Waals surface area contributed by atoms with Crippen molar-refractivity contribution in [2.45, 2.75) is 6.42 Å². The normalized spacial score (nSPS) is 17.6. The van der Waals surface area contributed by atoms with E-state index in [2.05, 4.69) is 5.32 Å².